The van der Waals surface area contributed by atoms with Crippen molar-refractivity contribution in [3.63, 3.8) is 0 Å². The summed E-state index contributed by atoms with van der Waals surface area (Å²) in [5.41, 5.74) is 1.55. The van der Waals surface area contributed by atoms with Gasteiger partial charge < -0.3 is 10.1 Å². The third-order valence-corrected chi connectivity index (χ3v) is 2.23. The molecule has 87 valence electrons. The minimum atomic E-state index is -0.252. The summed E-state index contributed by atoms with van der Waals surface area (Å²) in [6, 6.07) is 14.7. The van der Waals surface area contributed by atoms with Gasteiger partial charge in [0.2, 0.25) is 0 Å². The van der Waals surface area contributed by atoms with Crippen molar-refractivity contribution in [3.05, 3.63) is 54.3 Å². The molecule has 2 nitrogen and oxygen atoms in total. The fourth-order valence-electron chi connectivity index (χ4n) is 1.47. The third-order valence-electron chi connectivity index (χ3n) is 2.23. The maximum atomic E-state index is 12.8. The first-order chi connectivity index (χ1) is 8.29. The standard InChI is InChI=1S/C14H13FNO/c1-2-17-14-6-4-3-5-13(14)16-12-9-7-11(15)8-10-12/h3-4,6-10,16H,2H2,1H3. The van der Waals surface area contributed by atoms with Crippen molar-refractivity contribution in [3.8, 4) is 5.75 Å². The van der Waals surface area contributed by atoms with Crippen LogP contribution < -0.4 is 10.1 Å². The molecule has 0 fully saturated rings. The summed E-state index contributed by atoms with van der Waals surface area (Å²) in [6.07, 6.45) is 0. The molecule has 0 amide bonds. The minimum absolute atomic E-state index is 0.252. The largest absolute Gasteiger partial charge is 0.492 e. The summed E-state index contributed by atoms with van der Waals surface area (Å²) in [7, 11) is 0. The van der Waals surface area contributed by atoms with Crippen LogP contribution >= 0.6 is 0 Å². The Bertz CT molecular complexity index is 482. The van der Waals surface area contributed by atoms with Crippen LogP contribution in [0.25, 0.3) is 0 Å². The molecule has 1 N–H and O–H groups in total. The van der Waals surface area contributed by atoms with Crippen molar-refractivity contribution in [2.24, 2.45) is 0 Å². The van der Waals surface area contributed by atoms with Crippen LogP contribution in [0.4, 0.5) is 15.8 Å². The van der Waals surface area contributed by atoms with Gasteiger partial charge in [-0.25, -0.2) is 4.39 Å². The molecule has 2 aromatic rings. The topological polar surface area (TPSA) is 21.3 Å². The predicted molar refractivity (Wildman–Crippen MR) is 66.1 cm³/mol. The van der Waals surface area contributed by atoms with Gasteiger partial charge in [-0.05, 0) is 37.3 Å². The fourth-order valence-corrected chi connectivity index (χ4v) is 1.47. The first kappa shape index (κ1) is 11.5. The van der Waals surface area contributed by atoms with Crippen molar-refractivity contribution in [1.82, 2.24) is 0 Å². The van der Waals surface area contributed by atoms with E-state index in [-0.39, 0.29) is 5.82 Å². The Labute approximate surface area is 100 Å². The lowest BCUT2D eigenvalue weighted by Gasteiger charge is -2.11. The average Bonchev–Trinajstić information content (AvgIpc) is 2.35. The second-order valence-electron chi connectivity index (χ2n) is 3.47. The van der Waals surface area contributed by atoms with Gasteiger partial charge in [-0.3, -0.25) is 0 Å². The van der Waals surface area contributed by atoms with Crippen LogP contribution in [0.15, 0.2) is 42.5 Å². The molecule has 3 heteroatoms. The molecule has 0 spiro atoms. The highest BCUT2D eigenvalue weighted by Gasteiger charge is 2.02. The van der Waals surface area contributed by atoms with Crippen LogP contribution in [-0.4, -0.2) is 6.61 Å². The van der Waals surface area contributed by atoms with Crippen LogP contribution in [-0.2, 0) is 0 Å². The molecule has 0 aliphatic rings. The number of hydrogen-bond acceptors (Lipinski definition) is 2. The van der Waals surface area contributed by atoms with Gasteiger partial charge in [0.25, 0.3) is 0 Å². The van der Waals surface area contributed by atoms with E-state index in [4.69, 9.17) is 4.74 Å². The molecule has 2 rings (SSSR count). The number of halogens is 1. The Kier molecular flexibility index (Phi) is 3.60. The van der Waals surface area contributed by atoms with E-state index in [1.807, 2.05) is 19.1 Å². The van der Waals surface area contributed by atoms with E-state index in [1.165, 1.54) is 12.1 Å². The Balaban J connectivity index is 2.20. The van der Waals surface area contributed by atoms with Crippen molar-refractivity contribution in [2.75, 3.05) is 11.9 Å². The van der Waals surface area contributed by atoms with Crippen molar-refractivity contribution in [1.29, 1.82) is 0 Å². The van der Waals surface area contributed by atoms with Gasteiger partial charge >= 0.3 is 0 Å². The zero-order chi connectivity index (χ0) is 12.1. The predicted octanol–water partition coefficient (Wildman–Crippen LogP) is 3.77. The number of nitrogens with one attached hydrogen (secondary N) is 1. The molecule has 17 heavy (non-hydrogen) atoms. The van der Waals surface area contributed by atoms with Crippen molar-refractivity contribution >= 4 is 11.4 Å². The van der Waals surface area contributed by atoms with Crippen LogP contribution in [0, 0.1) is 11.9 Å². The number of hydrogen-bond donors (Lipinski definition) is 1. The lowest BCUT2D eigenvalue weighted by Crippen LogP contribution is -1.97. The molecule has 0 bridgehead atoms. The Hall–Kier alpha value is -2.03. The average molecular weight is 230 g/mol. The molecule has 0 atom stereocenters. The smallest absolute Gasteiger partial charge is 0.143 e. The maximum Gasteiger partial charge on any atom is 0.143 e. The van der Waals surface area contributed by atoms with Crippen LogP contribution in [0.1, 0.15) is 6.92 Å². The van der Waals surface area contributed by atoms with Crippen molar-refractivity contribution in [2.45, 2.75) is 6.92 Å². The number of ether oxygens (including phenoxy) is 1. The van der Waals surface area contributed by atoms with E-state index < -0.39 is 0 Å². The SMILES string of the molecule is CCOc1ccc[c]c1Nc1ccc(F)cc1. The second kappa shape index (κ2) is 5.34. The van der Waals surface area contributed by atoms with Gasteiger partial charge in [-0.15, -0.1) is 0 Å². The molecule has 0 saturated carbocycles. The quantitative estimate of drug-likeness (QED) is 0.863. The first-order valence-electron chi connectivity index (χ1n) is 5.45. The van der Waals surface area contributed by atoms with E-state index >= 15 is 0 Å². The summed E-state index contributed by atoms with van der Waals surface area (Å²) in [5, 5.41) is 3.14. The van der Waals surface area contributed by atoms with Gasteiger partial charge in [-0.2, -0.15) is 0 Å². The Morgan fingerprint density at radius 1 is 1.24 bits per heavy atom. The molecule has 1 radical (unpaired) electrons. The summed E-state index contributed by atoms with van der Waals surface area (Å²) < 4.78 is 18.2. The normalized spacial score (nSPS) is 10.0. The van der Waals surface area contributed by atoms with Crippen molar-refractivity contribution < 1.29 is 9.13 Å². The molecule has 0 aliphatic carbocycles. The van der Waals surface area contributed by atoms with E-state index in [2.05, 4.69) is 11.4 Å². The molecule has 0 saturated heterocycles. The lowest BCUT2D eigenvalue weighted by molar-refractivity contribution is 0.342. The lowest BCUT2D eigenvalue weighted by atomic mass is 10.2. The van der Waals surface area contributed by atoms with E-state index in [0.29, 0.717) is 6.61 Å². The maximum absolute atomic E-state index is 12.8. The monoisotopic (exact) mass is 230 g/mol. The van der Waals surface area contributed by atoms with Gasteiger partial charge in [-0.1, -0.05) is 12.1 Å². The van der Waals surface area contributed by atoms with Gasteiger partial charge in [0.15, 0.2) is 0 Å². The van der Waals surface area contributed by atoms with Gasteiger partial charge in [0.1, 0.15) is 11.6 Å². The highest BCUT2D eigenvalue weighted by atomic mass is 19.1. The first-order valence-corrected chi connectivity index (χ1v) is 5.45. The summed E-state index contributed by atoms with van der Waals surface area (Å²) in [5.74, 6) is 0.483. The van der Waals surface area contributed by atoms with Gasteiger partial charge in [0.05, 0.1) is 12.3 Å². The summed E-state index contributed by atoms with van der Waals surface area (Å²) >= 11 is 0. The fraction of sp³-hybridized carbons (Fsp3) is 0.143. The van der Waals surface area contributed by atoms with Gasteiger partial charge in [0, 0.05) is 11.8 Å². The van der Waals surface area contributed by atoms with E-state index in [1.54, 1.807) is 18.2 Å². The highest BCUT2D eigenvalue weighted by molar-refractivity contribution is 5.65. The Morgan fingerprint density at radius 3 is 2.71 bits per heavy atom. The molecule has 0 aliphatic heterocycles. The second-order valence-corrected chi connectivity index (χ2v) is 3.47. The number of benzene rings is 2. The number of rotatable bonds is 4. The summed E-state index contributed by atoms with van der Waals surface area (Å²) in [4.78, 5) is 0. The molecular weight excluding hydrogens is 217 g/mol. The zero-order valence-electron chi connectivity index (χ0n) is 9.53. The van der Waals surface area contributed by atoms with E-state index in [9.17, 15) is 4.39 Å². The minimum Gasteiger partial charge on any atom is -0.492 e. The zero-order valence-corrected chi connectivity index (χ0v) is 9.53. The number of para-hydroxylation sites is 1. The van der Waals surface area contributed by atoms with Crippen LogP contribution in [0.2, 0.25) is 0 Å². The van der Waals surface area contributed by atoms with Crippen LogP contribution in [0.3, 0.4) is 0 Å². The highest BCUT2D eigenvalue weighted by Crippen LogP contribution is 2.26. The van der Waals surface area contributed by atoms with E-state index in [0.717, 1.165) is 17.1 Å². The Morgan fingerprint density at radius 2 is 2.00 bits per heavy atom. The molecule has 0 unspecified atom stereocenters. The summed E-state index contributed by atoms with van der Waals surface area (Å²) in [6.45, 7) is 2.52. The van der Waals surface area contributed by atoms with Crippen LogP contribution in [0.5, 0.6) is 5.75 Å². The molecular formula is C14H13FNO. The third kappa shape index (κ3) is 2.97. The molecule has 2 aromatic carbocycles. The molecule has 0 aromatic heterocycles. The molecule has 0 heterocycles. The number of anilines is 2.